The number of para-hydroxylation sites is 1. The summed E-state index contributed by atoms with van der Waals surface area (Å²) in [5.74, 6) is -1.99. The Morgan fingerprint density at radius 2 is 1.96 bits per heavy atom. The predicted molar refractivity (Wildman–Crippen MR) is 93.2 cm³/mol. The molecule has 3 rings (SSSR count). The van der Waals surface area contributed by atoms with Crippen LogP contribution in [0.1, 0.15) is 17.4 Å². The summed E-state index contributed by atoms with van der Waals surface area (Å²) < 4.78 is 18.8. The highest BCUT2D eigenvalue weighted by Crippen LogP contribution is 2.20. The van der Waals surface area contributed by atoms with Crippen molar-refractivity contribution in [3.05, 3.63) is 65.1 Å². The molecule has 1 aromatic heterocycles. The van der Waals surface area contributed by atoms with Crippen molar-refractivity contribution in [3.8, 4) is 0 Å². The molecule has 0 saturated heterocycles. The van der Waals surface area contributed by atoms with Crippen LogP contribution in [0, 0.1) is 5.82 Å². The lowest BCUT2D eigenvalue weighted by Crippen LogP contribution is -2.30. The van der Waals surface area contributed by atoms with Gasteiger partial charge in [0.05, 0.1) is 5.69 Å². The van der Waals surface area contributed by atoms with Gasteiger partial charge in [-0.3, -0.25) is 4.79 Å². The molecule has 25 heavy (non-hydrogen) atoms. The maximum Gasteiger partial charge on any atom is 0.355 e. The average molecular weight is 361 g/mol. The van der Waals surface area contributed by atoms with Crippen LogP contribution in [0.25, 0.3) is 10.9 Å². The van der Waals surface area contributed by atoms with E-state index in [1.54, 1.807) is 6.07 Å². The molecule has 2 aromatic carbocycles. The zero-order valence-corrected chi connectivity index (χ0v) is 13.9. The van der Waals surface area contributed by atoms with Crippen LogP contribution in [-0.2, 0) is 9.53 Å². The third-order valence-electron chi connectivity index (χ3n) is 3.59. The fourth-order valence-electron chi connectivity index (χ4n) is 2.29. The maximum atomic E-state index is 13.7. The van der Waals surface area contributed by atoms with E-state index in [0.29, 0.717) is 0 Å². The van der Waals surface area contributed by atoms with Crippen LogP contribution >= 0.6 is 11.6 Å². The first-order valence-electron chi connectivity index (χ1n) is 7.48. The molecule has 0 aliphatic heterocycles. The van der Waals surface area contributed by atoms with Gasteiger partial charge in [0.2, 0.25) is 0 Å². The molecular weight excluding hydrogens is 347 g/mol. The van der Waals surface area contributed by atoms with Crippen LogP contribution in [0.15, 0.2) is 48.5 Å². The summed E-state index contributed by atoms with van der Waals surface area (Å²) in [5, 5.41) is 3.43. The van der Waals surface area contributed by atoms with Gasteiger partial charge in [-0.25, -0.2) is 9.18 Å². The molecule has 0 spiro atoms. The van der Waals surface area contributed by atoms with Gasteiger partial charge in [-0.15, -0.1) is 0 Å². The number of amides is 1. The van der Waals surface area contributed by atoms with E-state index in [9.17, 15) is 14.0 Å². The second-order valence-corrected chi connectivity index (χ2v) is 5.87. The molecule has 0 saturated carbocycles. The minimum absolute atomic E-state index is 0.0390. The van der Waals surface area contributed by atoms with E-state index in [0.717, 1.165) is 17.0 Å². The Hall–Kier alpha value is -2.86. The molecular formula is C18H14ClFN2O3. The quantitative estimate of drug-likeness (QED) is 0.687. The maximum absolute atomic E-state index is 13.7. The zero-order chi connectivity index (χ0) is 18.0. The number of fused-ring (bicyclic) bond motifs is 1. The number of benzene rings is 2. The van der Waals surface area contributed by atoms with Crippen molar-refractivity contribution in [3.63, 3.8) is 0 Å². The van der Waals surface area contributed by atoms with Crippen LogP contribution in [0.4, 0.5) is 10.1 Å². The van der Waals surface area contributed by atoms with E-state index >= 15 is 0 Å². The number of aromatic amines is 1. The van der Waals surface area contributed by atoms with Crippen molar-refractivity contribution >= 4 is 40.1 Å². The normalized spacial score (nSPS) is 12.0. The van der Waals surface area contributed by atoms with Crippen molar-refractivity contribution in [2.75, 3.05) is 5.32 Å². The minimum atomic E-state index is -1.10. The number of aromatic nitrogens is 1. The summed E-state index contributed by atoms with van der Waals surface area (Å²) in [4.78, 5) is 27.2. The Balaban J connectivity index is 1.67. The lowest BCUT2D eigenvalue weighted by molar-refractivity contribution is -0.123. The smallest absolute Gasteiger partial charge is 0.355 e. The van der Waals surface area contributed by atoms with Crippen molar-refractivity contribution in [2.45, 2.75) is 13.0 Å². The third kappa shape index (κ3) is 3.80. The molecule has 128 valence electrons. The fraction of sp³-hybridized carbons (Fsp3) is 0.111. The second-order valence-electron chi connectivity index (χ2n) is 5.43. The van der Waals surface area contributed by atoms with Crippen LogP contribution in [-0.4, -0.2) is 23.0 Å². The second kappa shape index (κ2) is 6.94. The summed E-state index contributed by atoms with van der Waals surface area (Å²) >= 11 is 5.66. The number of esters is 1. The van der Waals surface area contributed by atoms with Gasteiger partial charge in [0.25, 0.3) is 5.91 Å². The summed E-state index contributed by atoms with van der Waals surface area (Å²) in [6.07, 6.45) is -1.10. The number of halogens is 2. The number of H-pyrrole nitrogens is 1. The van der Waals surface area contributed by atoms with Crippen LogP contribution in [0.2, 0.25) is 5.02 Å². The number of hydrogen-bond donors (Lipinski definition) is 2. The van der Waals surface area contributed by atoms with Gasteiger partial charge in [-0.2, -0.15) is 0 Å². The third-order valence-corrected chi connectivity index (χ3v) is 3.83. The molecule has 0 fully saturated rings. The zero-order valence-electron chi connectivity index (χ0n) is 13.2. The summed E-state index contributed by atoms with van der Waals surface area (Å²) in [6, 6.07) is 12.9. The molecule has 0 radical (unpaired) electrons. The molecule has 1 heterocycles. The van der Waals surface area contributed by atoms with E-state index in [1.807, 2.05) is 24.3 Å². The SMILES string of the molecule is C[C@H](OC(=O)c1cc2ccccc2[nH]1)C(=O)Nc1ccc(Cl)cc1F. The number of anilines is 1. The fourth-order valence-corrected chi connectivity index (χ4v) is 2.44. The van der Waals surface area contributed by atoms with Crippen molar-refractivity contribution in [2.24, 2.45) is 0 Å². The Bertz CT molecular complexity index is 921. The van der Waals surface area contributed by atoms with Crippen molar-refractivity contribution < 1.29 is 18.7 Å². The van der Waals surface area contributed by atoms with E-state index in [2.05, 4.69) is 10.3 Å². The highest BCUT2D eigenvalue weighted by atomic mass is 35.5. The molecule has 0 unspecified atom stereocenters. The van der Waals surface area contributed by atoms with E-state index in [1.165, 1.54) is 19.1 Å². The predicted octanol–water partition coefficient (Wildman–Crippen LogP) is 4.14. The molecule has 2 N–H and O–H groups in total. The molecule has 1 atom stereocenters. The molecule has 1 amide bonds. The summed E-state index contributed by atoms with van der Waals surface area (Å²) in [7, 11) is 0. The van der Waals surface area contributed by atoms with Crippen LogP contribution in [0.3, 0.4) is 0 Å². The van der Waals surface area contributed by atoms with Gasteiger partial charge in [0.15, 0.2) is 6.10 Å². The Morgan fingerprint density at radius 3 is 2.68 bits per heavy atom. The number of rotatable bonds is 4. The molecule has 0 aliphatic carbocycles. The Labute approximate surface area is 147 Å². The number of carbonyl (C=O) groups is 2. The Kier molecular flexibility index (Phi) is 4.72. The number of ether oxygens (including phenoxy) is 1. The van der Waals surface area contributed by atoms with Crippen LogP contribution < -0.4 is 5.32 Å². The highest BCUT2D eigenvalue weighted by molar-refractivity contribution is 6.30. The highest BCUT2D eigenvalue weighted by Gasteiger charge is 2.21. The lowest BCUT2D eigenvalue weighted by atomic mass is 10.2. The standard InChI is InChI=1S/C18H14ClFN2O3/c1-10(17(23)22-15-7-6-12(19)9-13(15)20)25-18(24)16-8-11-4-2-3-5-14(11)21-16/h2-10,21H,1H3,(H,22,23)/t10-/m0/s1. The largest absolute Gasteiger partial charge is 0.448 e. The van der Waals surface area contributed by atoms with E-state index < -0.39 is 23.8 Å². The molecule has 7 heteroatoms. The average Bonchev–Trinajstić information content (AvgIpc) is 3.01. The van der Waals surface area contributed by atoms with Crippen molar-refractivity contribution in [1.82, 2.24) is 4.98 Å². The summed E-state index contributed by atoms with van der Waals surface area (Å²) in [6.45, 7) is 1.41. The van der Waals surface area contributed by atoms with Gasteiger partial charge in [0, 0.05) is 15.9 Å². The first kappa shape index (κ1) is 17.0. The van der Waals surface area contributed by atoms with E-state index in [-0.39, 0.29) is 16.4 Å². The molecule has 0 aliphatic rings. The van der Waals surface area contributed by atoms with Gasteiger partial charge < -0.3 is 15.0 Å². The van der Waals surface area contributed by atoms with Gasteiger partial charge >= 0.3 is 5.97 Å². The lowest BCUT2D eigenvalue weighted by Gasteiger charge is -2.13. The monoisotopic (exact) mass is 360 g/mol. The molecule has 5 nitrogen and oxygen atoms in total. The first-order valence-corrected chi connectivity index (χ1v) is 7.86. The first-order chi connectivity index (χ1) is 11.9. The van der Waals surface area contributed by atoms with Gasteiger partial charge in [-0.1, -0.05) is 29.8 Å². The summed E-state index contributed by atoms with van der Waals surface area (Å²) in [5.41, 5.74) is 0.983. The van der Waals surface area contributed by atoms with Crippen molar-refractivity contribution in [1.29, 1.82) is 0 Å². The topological polar surface area (TPSA) is 71.2 Å². The van der Waals surface area contributed by atoms with E-state index in [4.69, 9.17) is 16.3 Å². The van der Waals surface area contributed by atoms with Gasteiger partial charge in [0.1, 0.15) is 11.5 Å². The Morgan fingerprint density at radius 1 is 1.20 bits per heavy atom. The van der Waals surface area contributed by atoms with Gasteiger partial charge in [-0.05, 0) is 37.3 Å². The number of hydrogen-bond acceptors (Lipinski definition) is 3. The minimum Gasteiger partial charge on any atom is -0.448 e. The number of carbonyl (C=O) groups excluding carboxylic acids is 2. The molecule has 3 aromatic rings. The number of nitrogens with one attached hydrogen (secondary N) is 2. The van der Waals surface area contributed by atoms with Crippen LogP contribution in [0.5, 0.6) is 0 Å². The molecule has 0 bridgehead atoms.